The van der Waals surface area contributed by atoms with Crippen molar-refractivity contribution in [2.75, 3.05) is 6.61 Å². The second kappa shape index (κ2) is 10.3. The van der Waals surface area contributed by atoms with E-state index in [1.165, 1.54) is 13.0 Å². The Balaban J connectivity index is 1.75. The Morgan fingerprint density at radius 2 is 1.73 bits per heavy atom. The molecule has 0 bridgehead atoms. The Bertz CT molecular complexity index is 888. The van der Waals surface area contributed by atoms with Crippen LogP contribution in [-0.4, -0.2) is 30.6 Å². The topological polar surface area (TPSA) is 93.7 Å². The molecule has 0 fully saturated rings. The summed E-state index contributed by atoms with van der Waals surface area (Å²) in [7, 11) is 0. The van der Waals surface area contributed by atoms with Crippen LogP contribution in [0.3, 0.4) is 0 Å². The number of nitrogens with one attached hydrogen (secondary N) is 2. The minimum atomic E-state index is -4.55. The van der Waals surface area contributed by atoms with E-state index in [-0.39, 0.29) is 12.3 Å². The predicted octanol–water partition coefficient (Wildman–Crippen LogP) is 3.04. The van der Waals surface area contributed by atoms with Crippen molar-refractivity contribution in [2.24, 2.45) is 0 Å². The molecule has 2 rings (SSSR count). The van der Waals surface area contributed by atoms with Crippen LogP contribution >= 0.6 is 0 Å². The molecule has 30 heavy (non-hydrogen) atoms. The first-order chi connectivity index (χ1) is 14.1. The van der Waals surface area contributed by atoms with Gasteiger partial charge in [-0.25, -0.2) is 9.59 Å². The summed E-state index contributed by atoms with van der Waals surface area (Å²) < 4.78 is 47.8. The molecule has 1 atom stereocenters. The summed E-state index contributed by atoms with van der Waals surface area (Å²) in [4.78, 5) is 35.4. The molecule has 0 aliphatic heterocycles. The first kappa shape index (κ1) is 22.7. The van der Waals surface area contributed by atoms with Crippen LogP contribution in [-0.2, 0) is 27.0 Å². The van der Waals surface area contributed by atoms with Crippen molar-refractivity contribution in [3.8, 4) is 5.75 Å². The van der Waals surface area contributed by atoms with E-state index >= 15 is 0 Å². The third-order valence-electron chi connectivity index (χ3n) is 3.73. The van der Waals surface area contributed by atoms with Crippen molar-refractivity contribution < 1.29 is 37.0 Å². The second-order valence-corrected chi connectivity index (χ2v) is 6.10. The van der Waals surface area contributed by atoms with Crippen molar-refractivity contribution in [3.05, 3.63) is 65.7 Å². The molecule has 0 aromatic heterocycles. The Hall–Kier alpha value is -3.56. The Labute approximate surface area is 170 Å². The lowest BCUT2D eigenvalue weighted by atomic mass is 10.2. The fraction of sp³-hybridized carbons (Fsp3) is 0.250. The summed E-state index contributed by atoms with van der Waals surface area (Å²) in [5.41, 5.74) is -0.103. The number of hydrogen-bond acceptors (Lipinski definition) is 5. The number of hydrogen-bond donors (Lipinski definition) is 2. The van der Waals surface area contributed by atoms with Crippen molar-refractivity contribution in [1.29, 1.82) is 0 Å². The number of rotatable bonds is 7. The SMILES string of the molecule is CC(OC(=O)COc1cccc(C(F)(F)F)c1)C(=O)NC(=O)NCc1ccccc1. The number of amides is 3. The van der Waals surface area contributed by atoms with Crippen LogP contribution < -0.4 is 15.4 Å². The molecule has 0 aliphatic carbocycles. The molecule has 0 heterocycles. The Morgan fingerprint density at radius 3 is 2.40 bits per heavy atom. The fourth-order valence-corrected chi connectivity index (χ4v) is 2.23. The summed E-state index contributed by atoms with van der Waals surface area (Å²) in [6.07, 6.45) is -5.86. The zero-order chi connectivity index (χ0) is 22.1. The molecule has 160 valence electrons. The molecular formula is C20H19F3N2O5. The van der Waals surface area contributed by atoms with Crippen molar-refractivity contribution in [2.45, 2.75) is 25.7 Å². The molecule has 7 nitrogen and oxygen atoms in total. The van der Waals surface area contributed by atoms with Gasteiger partial charge < -0.3 is 14.8 Å². The Morgan fingerprint density at radius 1 is 1.03 bits per heavy atom. The number of halogens is 3. The van der Waals surface area contributed by atoms with E-state index < -0.39 is 42.4 Å². The monoisotopic (exact) mass is 424 g/mol. The van der Waals surface area contributed by atoms with E-state index in [1.807, 2.05) is 11.4 Å². The zero-order valence-electron chi connectivity index (χ0n) is 15.9. The average Bonchev–Trinajstić information content (AvgIpc) is 2.71. The molecule has 10 heteroatoms. The van der Waals surface area contributed by atoms with Gasteiger partial charge in [-0.1, -0.05) is 36.4 Å². The summed E-state index contributed by atoms with van der Waals surface area (Å²) in [6.45, 7) is 0.722. The number of benzene rings is 2. The molecule has 0 radical (unpaired) electrons. The number of imide groups is 1. The molecule has 0 spiro atoms. The second-order valence-electron chi connectivity index (χ2n) is 6.10. The summed E-state index contributed by atoms with van der Waals surface area (Å²) >= 11 is 0. The highest BCUT2D eigenvalue weighted by molar-refractivity contribution is 5.97. The fourth-order valence-electron chi connectivity index (χ4n) is 2.23. The zero-order valence-corrected chi connectivity index (χ0v) is 15.9. The molecule has 0 saturated heterocycles. The van der Waals surface area contributed by atoms with Gasteiger partial charge in [0.1, 0.15) is 5.75 Å². The molecule has 1 unspecified atom stereocenters. The van der Waals surface area contributed by atoms with Gasteiger partial charge in [-0.15, -0.1) is 0 Å². The van der Waals surface area contributed by atoms with E-state index in [9.17, 15) is 27.6 Å². The summed E-state index contributed by atoms with van der Waals surface area (Å²) in [6, 6.07) is 12.2. The Kier molecular flexibility index (Phi) is 7.79. The highest BCUT2D eigenvalue weighted by Crippen LogP contribution is 2.31. The molecule has 0 saturated carbocycles. The van der Waals surface area contributed by atoms with E-state index in [0.29, 0.717) is 0 Å². The van der Waals surface area contributed by atoms with Crippen LogP contribution in [0.4, 0.5) is 18.0 Å². The minimum Gasteiger partial charge on any atom is -0.482 e. The van der Waals surface area contributed by atoms with Gasteiger partial charge in [0, 0.05) is 6.54 Å². The number of carbonyl (C=O) groups is 3. The normalized spacial score (nSPS) is 11.9. The van der Waals surface area contributed by atoms with Gasteiger partial charge in [-0.2, -0.15) is 13.2 Å². The van der Waals surface area contributed by atoms with Gasteiger partial charge in [0.25, 0.3) is 5.91 Å². The first-order valence-corrected chi connectivity index (χ1v) is 8.77. The van der Waals surface area contributed by atoms with Crippen LogP contribution in [0.2, 0.25) is 0 Å². The highest BCUT2D eigenvalue weighted by atomic mass is 19.4. The summed E-state index contributed by atoms with van der Waals surface area (Å²) in [5, 5.41) is 4.50. The first-order valence-electron chi connectivity index (χ1n) is 8.77. The van der Waals surface area contributed by atoms with Crippen molar-refractivity contribution >= 4 is 17.9 Å². The number of esters is 1. The van der Waals surface area contributed by atoms with Gasteiger partial charge in [-0.05, 0) is 30.7 Å². The van der Waals surface area contributed by atoms with Crippen LogP contribution in [0.5, 0.6) is 5.75 Å². The lowest BCUT2D eigenvalue weighted by Gasteiger charge is -2.14. The number of urea groups is 1. The van der Waals surface area contributed by atoms with Crippen LogP contribution in [0.1, 0.15) is 18.1 Å². The lowest BCUT2D eigenvalue weighted by molar-refractivity contribution is -0.156. The molecule has 2 aromatic rings. The van der Waals surface area contributed by atoms with E-state index in [1.54, 1.807) is 24.3 Å². The van der Waals surface area contributed by atoms with E-state index in [4.69, 9.17) is 9.47 Å². The molecule has 3 amide bonds. The van der Waals surface area contributed by atoms with E-state index in [2.05, 4.69) is 5.32 Å². The largest absolute Gasteiger partial charge is 0.482 e. The van der Waals surface area contributed by atoms with E-state index in [0.717, 1.165) is 23.8 Å². The number of alkyl halides is 3. The maximum atomic E-state index is 12.7. The average molecular weight is 424 g/mol. The standard InChI is InChI=1S/C20H19F3N2O5/c1-13(18(27)25-19(28)24-11-14-6-3-2-4-7-14)30-17(26)12-29-16-9-5-8-15(10-16)20(21,22)23/h2-10,13H,11-12H2,1H3,(H2,24,25,27,28). The summed E-state index contributed by atoms with van der Waals surface area (Å²) in [5.74, 6) is -2.04. The van der Waals surface area contributed by atoms with Crippen LogP contribution in [0, 0.1) is 0 Å². The van der Waals surface area contributed by atoms with Gasteiger partial charge in [0.05, 0.1) is 5.56 Å². The number of carbonyl (C=O) groups excluding carboxylic acids is 3. The van der Waals surface area contributed by atoms with Gasteiger partial charge >= 0.3 is 18.2 Å². The molecule has 2 aromatic carbocycles. The lowest BCUT2D eigenvalue weighted by Crippen LogP contribution is -2.44. The highest BCUT2D eigenvalue weighted by Gasteiger charge is 2.30. The van der Waals surface area contributed by atoms with Crippen molar-refractivity contribution in [1.82, 2.24) is 10.6 Å². The quantitative estimate of drug-likeness (QED) is 0.667. The minimum absolute atomic E-state index is 0.181. The maximum Gasteiger partial charge on any atom is 0.416 e. The predicted molar refractivity (Wildman–Crippen MR) is 99.3 cm³/mol. The van der Waals surface area contributed by atoms with Gasteiger partial charge in [0.15, 0.2) is 12.7 Å². The van der Waals surface area contributed by atoms with Gasteiger partial charge in [-0.3, -0.25) is 10.1 Å². The van der Waals surface area contributed by atoms with Crippen LogP contribution in [0.15, 0.2) is 54.6 Å². The molecule has 0 aliphatic rings. The third-order valence-corrected chi connectivity index (χ3v) is 3.73. The van der Waals surface area contributed by atoms with Crippen LogP contribution in [0.25, 0.3) is 0 Å². The third kappa shape index (κ3) is 7.46. The molecular weight excluding hydrogens is 405 g/mol. The van der Waals surface area contributed by atoms with Crippen molar-refractivity contribution in [3.63, 3.8) is 0 Å². The smallest absolute Gasteiger partial charge is 0.416 e. The van der Waals surface area contributed by atoms with Gasteiger partial charge in [0.2, 0.25) is 0 Å². The molecule has 2 N–H and O–H groups in total. The number of ether oxygens (including phenoxy) is 2. The maximum absolute atomic E-state index is 12.7.